The molecule has 4 rings (SSSR count). The molecule has 0 atom stereocenters. The number of nitrogens with two attached hydrogens (primary N) is 1. The Bertz CT molecular complexity index is 1500. The van der Waals surface area contributed by atoms with Gasteiger partial charge in [-0.25, -0.2) is 19.1 Å². The molecule has 0 spiro atoms. The second-order valence-corrected chi connectivity index (χ2v) is 7.33. The van der Waals surface area contributed by atoms with E-state index in [1.807, 2.05) is 6.07 Å². The summed E-state index contributed by atoms with van der Waals surface area (Å²) < 4.78 is 8.50. The Kier molecular flexibility index (Phi) is 5.61. The van der Waals surface area contributed by atoms with Crippen molar-refractivity contribution in [2.45, 2.75) is 13.5 Å². The number of rotatable bonds is 6. The first-order chi connectivity index (χ1) is 15.8. The number of aryl methyl sites for hydroxylation is 1. The summed E-state index contributed by atoms with van der Waals surface area (Å²) in [5.41, 5.74) is 5.63. The average molecular weight is 448 g/mol. The SMILES string of the molecule is Cc1nn2cccnc2c1C(=O)OCC(=O)c1c(N)n(Cc2ccccc2)c(=O)n(C)c1=O. The normalized spacial score (nSPS) is 11.0. The Balaban J connectivity index is 1.63. The van der Waals surface area contributed by atoms with Crippen LogP contribution in [0.3, 0.4) is 0 Å². The summed E-state index contributed by atoms with van der Waals surface area (Å²) in [6, 6.07) is 10.6. The largest absolute Gasteiger partial charge is 0.454 e. The lowest BCUT2D eigenvalue weighted by molar-refractivity contribution is 0.0475. The number of hydrogen-bond donors (Lipinski definition) is 1. The van der Waals surface area contributed by atoms with Gasteiger partial charge < -0.3 is 10.5 Å². The van der Waals surface area contributed by atoms with E-state index in [1.54, 1.807) is 43.5 Å². The van der Waals surface area contributed by atoms with Crippen molar-refractivity contribution in [1.29, 1.82) is 0 Å². The van der Waals surface area contributed by atoms with Gasteiger partial charge in [0.2, 0.25) is 5.78 Å². The standard InChI is InChI=1S/C22H20N6O5/c1-13-16(19-24-9-6-10-28(19)25-13)21(31)33-12-15(29)17-18(23)27(22(32)26(2)20(17)30)11-14-7-4-3-5-8-14/h3-10H,11-12,23H2,1-2H3. The molecule has 0 radical (unpaired) electrons. The quantitative estimate of drug-likeness (QED) is 0.333. The minimum atomic E-state index is -0.864. The highest BCUT2D eigenvalue weighted by Gasteiger charge is 2.25. The highest BCUT2D eigenvalue weighted by Crippen LogP contribution is 2.15. The first-order valence-electron chi connectivity index (χ1n) is 9.93. The van der Waals surface area contributed by atoms with Gasteiger partial charge in [0.25, 0.3) is 5.56 Å². The second kappa shape index (κ2) is 8.54. The monoisotopic (exact) mass is 448 g/mol. The predicted octanol–water partition coefficient (Wildman–Crippen LogP) is 0.568. The van der Waals surface area contributed by atoms with Crippen LogP contribution in [0.4, 0.5) is 5.82 Å². The van der Waals surface area contributed by atoms with Crippen molar-refractivity contribution < 1.29 is 14.3 Å². The van der Waals surface area contributed by atoms with E-state index in [1.165, 1.54) is 17.8 Å². The lowest BCUT2D eigenvalue weighted by Crippen LogP contribution is -2.43. The van der Waals surface area contributed by atoms with Crippen molar-refractivity contribution in [2.24, 2.45) is 7.05 Å². The van der Waals surface area contributed by atoms with Gasteiger partial charge in [-0.15, -0.1) is 0 Å². The maximum Gasteiger partial charge on any atom is 0.344 e. The third-order valence-corrected chi connectivity index (χ3v) is 5.15. The minimum Gasteiger partial charge on any atom is -0.454 e. The Labute approximate surface area is 186 Å². The van der Waals surface area contributed by atoms with Crippen LogP contribution in [0.2, 0.25) is 0 Å². The number of carbonyl (C=O) groups is 2. The molecule has 3 aromatic heterocycles. The lowest BCUT2D eigenvalue weighted by atomic mass is 10.2. The molecule has 0 aliphatic rings. The summed E-state index contributed by atoms with van der Waals surface area (Å²) in [5.74, 6) is -1.94. The minimum absolute atomic E-state index is 0.0625. The summed E-state index contributed by atoms with van der Waals surface area (Å²) in [6.07, 6.45) is 3.12. The molecule has 0 amide bonds. The van der Waals surface area contributed by atoms with Crippen LogP contribution in [0, 0.1) is 6.92 Å². The summed E-state index contributed by atoms with van der Waals surface area (Å²) >= 11 is 0. The molecule has 2 N–H and O–H groups in total. The number of ketones is 1. The molecule has 1 aromatic carbocycles. The number of nitrogens with zero attached hydrogens (tertiary/aromatic N) is 5. The zero-order valence-corrected chi connectivity index (χ0v) is 17.9. The van der Waals surface area contributed by atoms with Gasteiger partial charge >= 0.3 is 11.7 Å². The van der Waals surface area contributed by atoms with Crippen molar-refractivity contribution in [3.63, 3.8) is 0 Å². The van der Waals surface area contributed by atoms with E-state index >= 15 is 0 Å². The lowest BCUT2D eigenvalue weighted by Gasteiger charge is -2.14. The smallest absolute Gasteiger partial charge is 0.344 e. The van der Waals surface area contributed by atoms with Crippen LogP contribution in [0.15, 0.2) is 58.4 Å². The second-order valence-electron chi connectivity index (χ2n) is 7.33. The Morgan fingerprint density at radius 3 is 2.55 bits per heavy atom. The summed E-state index contributed by atoms with van der Waals surface area (Å²) in [4.78, 5) is 54.9. The fourth-order valence-corrected chi connectivity index (χ4v) is 3.48. The molecular weight excluding hydrogens is 428 g/mol. The molecule has 0 saturated heterocycles. The van der Waals surface area contributed by atoms with Gasteiger partial charge in [0.05, 0.1) is 12.2 Å². The molecule has 33 heavy (non-hydrogen) atoms. The third-order valence-electron chi connectivity index (χ3n) is 5.15. The van der Waals surface area contributed by atoms with Gasteiger partial charge in [-0.3, -0.25) is 18.7 Å². The molecule has 0 bridgehead atoms. The highest BCUT2D eigenvalue weighted by molar-refractivity contribution is 6.03. The van der Waals surface area contributed by atoms with Crippen LogP contribution in [0.25, 0.3) is 5.65 Å². The molecule has 0 fully saturated rings. The molecule has 11 heteroatoms. The maximum absolute atomic E-state index is 12.9. The number of benzene rings is 1. The van der Waals surface area contributed by atoms with Gasteiger partial charge in [-0.1, -0.05) is 30.3 Å². The van der Waals surface area contributed by atoms with Gasteiger partial charge in [0, 0.05) is 19.4 Å². The van der Waals surface area contributed by atoms with Crippen LogP contribution in [-0.2, 0) is 18.3 Å². The molecule has 0 saturated carbocycles. The van der Waals surface area contributed by atoms with Gasteiger partial charge in [0.1, 0.15) is 16.9 Å². The van der Waals surface area contributed by atoms with Crippen molar-refractivity contribution in [1.82, 2.24) is 23.7 Å². The number of anilines is 1. The number of carbonyl (C=O) groups excluding carboxylic acids is 2. The fraction of sp³-hybridized carbons (Fsp3) is 0.182. The van der Waals surface area contributed by atoms with E-state index in [2.05, 4.69) is 10.1 Å². The highest BCUT2D eigenvalue weighted by atomic mass is 16.5. The topological polar surface area (TPSA) is 144 Å². The Morgan fingerprint density at radius 2 is 1.82 bits per heavy atom. The molecular formula is C22H20N6O5. The Morgan fingerprint density at radius 1 is 1.09 bits per heavy atom. The molecule has 0 aliphatic heterocycles. The van der Waals surface area contributed by atoms with E-state index in [-0.39, 0.29) is 23.6 Å². The Hall–Kier alpha value is -4.54. The van der Waals surface area contributed by atoms with E-state index in [9.17, 15) is 19.2 Å². The maximum atomic E-state index is 12.9. The van der Waals surface area contributed by atoms with Crippen LogP contribution in [0.1, 0.15) is 32.0 Å². The number of ether oxygens (including phenoxy) is 1. The number of fused-ring (bicyclic) bond motifs is 1. The molecule has 0 unspecified atom stereocenters. The van der Waals surface area contributed by atoms with Crippen LogP contribution < -0.4 is 17.0 Å². The van der Waals surface area contributed by atoms with Crippen LogP contribution >= 0.6 is 0 Å². The van der Waals surface area contributed by atoms with Crippen molar-refractivity contribution in [3.8, 4) is 0 Å². The molecule has 168 valence electrons. The number of Topliss-reactive ketones (excluding diaryl/α,β-unsaturated/α-hetero) is 1. The van der Waals surface area contributed by atoms with Crippen LogP contribution in [-0.4, -0.2) is 42.1 Å². The number of nitrogen functional groups attached to an aromatic ring is 1. The molecule has 0 aliphatic carbocycles. The van der Waals surface area contributed by atoms with E-state index in [4.69, 9.17) is 10.5 Å². The summed E-state index contributed by atoms with van der Waals surface area (Å²) in [6.45, 7) is 0.929. The number of aromatic nitrogens is 5. The van der Waals surface area contributed by atoms with Gasteiger partial charge in [-0.05, 0) is 18.6 Å². The van der Waals surface area contributed by atoms with E-state index < -0.39 is 35.2 Å². The van der Waals surface area contributed by atoms with Crippen molar-refractivity contribution in [2.75, 3.05) is 12.3 Å². The zero-order valence-electron chi connectivity index (χ0n) is 17.9. The zero-order chi connectivity index (χ0) is 23.7. The van der Waals surface area contributed by atoms with Crippen LogP contribution in [0.5, 0.6) is 0 Å². The molecule has 3 heterocycles. The third kappa shape index (κ3) is 3.91. The van der Waals surface area contributed by atoms with E-state index in [0.29, 0.717) is 5.69 Å². The summed E-state index contributed by atoms with van der Waals surface area (Å²) in [5, 5.41) is 4.18. The number of hydrogen-bond acceptors (Lipinski definition) is 8. The summed E-state index contributed by atoms with van der Waals surface area (Å²) in [7, 11) is 1.25. The fourth-order valence-electron chi connectivity index (χ4n) is 3.48. The predicted molar refractivity (Wildman–Crippen MR) is 118 cm³/mol. The van der Waals surface area contributed by atoms with E-state index in [0.717, 1.165) is 14.7 Å². The van der Waals surface area contributed by atoms with Crippen molar-refractivity contribution in [3.05, 3.63) is 92.0 Å². The molecule has 11 nitrogen and oxygen atoms in total. The first-order valence-corrected chi connectivity index (χ1v) is 9.93. The average Bonchev–Trinajstić information content (AvgIpc) is 3.15. The first kappa shape index (κ1) is 21.7. The molecule has 4 aromatic rings. The van der Waals surface area contributed by atoms with Crippen molar-refractivity contribution >= 4 is 23.2 Å². The van der Waals surface area contributed by atoms with Gasteiger partial charge in [-0.2, -0.15) is 5.10 Å². The van der Waals surface area contributed by atoms with Gasteiger partial charge in [0.15, 0.2) is 12.3 Å². The number of esters is 1.